The SMILES string of the molecule is C=C(/C=C(OC)\C(OC)=C(/C)OC)c1nc(-c2ccc(Br)cc2)c(-c2ccc(Br)cc2)n1Cc1ccc(C(=O)NCCOCCOCCN)cc1. The number of nitrogens with two attached hydrogens (primary N) is 1. The van der Waals surface area contributed by atoms with Gasteiger partial charge in [-0.15, -0.1) is 0 Å². The van der Waals surface area contributed by atoms with Gasteiger partial charge in [-0.2, -0.15) is 0 Å². The van der Waals surface area contributed by atoms with E-state index in [-0.39, 0.29) is 5.91 Å². The van der Waals surface area contributed by atoms with Gasteiger partial charge in [-0.25, -0.2) is 4.98 Å². The van der Waals surface area contributed by atoms with Crippen molar-refractivity contribution in [3.05, 3.63) is 129 Å². The second-order valence-corrected chi connectivity index (χ2v) is 13.1. The fraction of sp³-hybridized carbons (Fsp3) is 0.282. The molecule has 270 valence electrons. The predicted octanol–water partition coefficient (Wildman–Crippen LogP) is 7.58. The zero-order valence-corrected chi connectivity index (χ0v) is 32.5. The summed E-state index contributed by atoms with van der Waals surface area (Å²) in [5, 5.41) is 2.90. The summed E-state index contributed by atoms with van der Waals surface area (Å²) in [5.41, 5.74) is 11.1. The third kappa shape index (κ3) is 10.9. The van der Waals surface area contributed by atoms with Crippen molar-refractivity contribution in [3.8, 4) is 22.5 Å². The summed E-state index contributed by atoms with van der Waals surface area (Å²) in [4.78, 5) is 18.1. The van der Waals surface area contributed by atoms with Crippen LogP contribution in [0.15, 0.2) is 112 Å². The average Bonchev–Trinajstić information content (AvgIpc) is 3.52. The maximum absolute atomic E-state index is 12.9. The second kappa shape index (κ2) is 20.0. The molecule has 0 spiro atoms. The molecule has 1 aromatic heterocycles. The number of imidazole rings is 1. The summed E-state index contributed by atoms with van der Waals surface area (Å²) < 4.78 is 31.7. The Labute approximate surface area is 316 Å². The fourth-order valence-electron chi connectivity index (χ4n) is 5.20. The van der Waals surface area contributed by atoms with Crippen molar-refractivity contribution in [2.45, 2.75) is 13.5 Å². The van der Waals surface area contributed by atoms with Crippen LogP contribution in [0.5, 0.6) is 0 Å². The summed E-state index contributed by atoms with van der Waals surface area (Å²) in [6, 6.07) is 23.7. The number of ether oxygens (including phenoxy) is 5. The molecule has 12 heteroatoms. The Balaban J connectivity index is 1.72. The smallest absolute Gasteiger partial charge is 0.251 e. The molecule has 0 aliphatic carbocycles. The van der Waals surface area contributed by atoms with E-state index in [1.165, 1.54) is 0 Å². The van der Waals surface area contributed by atoms with Crippen LogP contribution in [0.4, 0.5) is 0 Å². The summed E-state index contributed by atoms with van der Waals surface area (Å²) in [6.07, 6.45) is 1.79. The van der Waals surface area contributed by atoms with Crippen LogP contribution >= 0.6 is 31.9 Å². The van der Waals surface area contributed by atoms with Crippen LogP contribution in [0.25, 0.3) is 28.1 Å². The van der Waals surface area contributed by atoms with E-state index in [4.69, 9.17) is 34.4 Å². The summed E-state index contributed by atoms with van der Waals surface area (Å²) in [5.74, 6) is 1.88. The highest BCUT2D eigenvalue weighted by Crippen LogP contribution is 2.37. The van der Waals surface area contributed by atoms with Crippen LogP contribution in [0.2, 0.25) is 0 Å². The zero-order valence-electron chi connectivity index (χ0n) is 29.3. The standard InChI is InChI=1S/C39H44Br2N4O6/c1-26(24-34(48-4)37(49-5)27(2)47-3)38-44-35(29-10-14-32(40)15-11-29)36(30-12-16-33(41)17-13-30)45(38)25-28-6-8-31(9-7-28)39(46)43-19-21-51-23-22-50-20-18-42/h6-17,24H,1,18-23,25,42H2,2-5H3,(H,43,46)/b34-24+,37-27-. The van der Waals surface area contributed by atoms with E-state index in [1.54, 1.807) is 34.3 Å². The summed E-state index contributed by atoms with van der Waals surface area (Å²) >= 11 is 7.14. The van der Waals surface area contributed by atoms with Crippen molar-refractivity contribution in [3.63, 3.8) is 0 Å². The van der Waals surface area contributed by atoms with Gasteiger partial charge in [-0.1, -0.05) is 74.8 Å². The minimum absolute atomic E-state index is 0.181. The van der Waals surface area contributed by atoms with Gasteiger partial charge in [0.15, 0.2) is 11.5 Å². The molecule has 10 nitrogen and oxygen atoms in total. The van der Waals surface area contributed by atoms with Crippen molar-refractivity contribution >= 4 is 43.3 Å². The number of nitrogens with zero attached hydrogens (tertiary/aromatic N) is 2. The molecule has 0 aliphatic rings. The Hall–Kier alpha value is -4.20. The zero-order chi connectivity index (χ0) is 36.8. The molecule has 3 aromatic carbocycles. The Morgan fingerprint density at radius 1 is 0.843 bits per heavy atom. The third-order valence-corrected chi connectivity index (χ3v) is 8.85. The minimum Gasteiger partial charge on any atom is -0.497 e. The van der Waals surface area contributed by atoms with Crippen LogP contribution in [-0.4, -0.2) is 76.3 Å². The van der Waals surface area contributed by atoms with E-state index in [9.17, 15) is 4.79 Å². The fourth-order valence-corrected chi connectivity index (χ4v) is 5.73. The minimum atomic E-state index is -0.181. The molecule has 0 atom stereocenters. The van der Waals surface area contributed by atoms with Gasteiger partial charge in [-0.05, 0) is 55.0 Å². The highest BCUT2D eigenvalue weighted by atomic mass is 79.9. The van der Waals surface area contributed by atoms with Crippen molar-refractivity contribution in [2.24, 2.45) is 5.73 Å². The van der Waals surface area contributed by atoms with Gasteiger partial charge in [0.2, 0.25) is 0 Å². The van der Waals surface area contributed by atoms with Gasteiger partial charge in [0, 0.05) is 50.8 Å². The highest BCUT2D eigenvalue weighted by Gasteiger charge is 2.23. The lowest BCUT2D eigenvalue weighted by atomic mass is 10.0. The first-order valence-corrected chi connectivity index (χ1v) is 17.9. The average molecular weight is 825 g/mol. The number of hydrogen-bond acceptors (Lipinski definition) is 8. The number of benzene rings is 3. The molecule has 0 radical (unpaired) electrons. The van der Waals surface area contributed by atoms with Crippen molar-refractivity contribution in [1.29, 1.82) is 0 Å². The topological polar surface area (TPSA) is 119 Å². The summed E-state index contributed by atoms with van der Waals surface area (Å²) in [6.45, 7) is 9.32. The monoisotopic (exact) mass is 822 g/mol. The van der Waals surface area contributed by atoms with Crippen LogP contribution in [0.3, 0.4) is 0 Å². The molecule has 0 bridgehead atoms. The van der Waals surface area contributed by atoms with E-state index >= 15 is 0 Å². The molecule has 1 heterocycles. The number of aromatic nitrogens is 2. The van der Waals surface area contributed by atoms with E-state index < -0.39 is 0 Å². The Bertz CT molecular complexity index is 1820. The number of amides is 1. The van der Waals surface area contributed by atoms with E-state index in [1.807, 2.05) is 60.7 Å². The van der Waals surface area contributed by atoms with Gasteiger partial charge < -0.3 is 39.3 Å². The lowest BCUT2D eigenvalue weighted by molar-refractivity contribution is 0.0511. The van der Waals surface area contributed by atoms with Crippen LogP contribution in [-0.2, 0) is 30.2 Å². The number of allylic oxidation sites excluding steroid dienone is 3. The van der Waals surface area contributed by atoms with Crippen LogP contribution in [0, 0.1) is 0 Å². The number of methoxy groups -OCH3 is 3. The molecule has 0 fully saturated rings. The first-order chi connectivity index (χ1) is 24.7. The van der Waals surface area contributed by atoms with Gasteiger partial charge in [0.1, 0.15) is 11.6 Å². The van der Waals surface area contributed by atoms with Crippen molar-refractivity contribution in [2.75, 3.05) is 60.8 Å². The van der Waals surface area contributed by atoms with Gasteiger partial charge in [0.25, 0.3) is 5.91 Å². The van der Waals surface area contributed by atoms with Crippen LogP contribution < -0.4 is 11.1 Å². The number of nitrogens with one attached hydrogen (secondary N) is 1. The largest absolute Gasteiger partial charge is 0.497 e. The highest BCUT2D eigenvalue weighted by molar-refractivity contribution is 9.10. The molecule has 1 amide bonds. The number of carbonyl (C=O) groups excluding carboxylic acids is 1. The van der Waals surface area contributed by atoms with E-state index in [0.29, 0.717) is 80.3 Å². The number of rotatable bonds is 19. The second-order valence-electron chi connectivity index (χ2n) is 11.2. The van der Waals surface area contributed by atoms with Crippen molar-refractivity contribution < 1.29 is 28.5 Å². The number of hydrogen-bond donors (Lipinski definition) is 2. The Morgan fingerprint density at radius 2 is 1.45 bits per heavy atom. The molecule has 0 saturated heterocycles. The van der Waals surface area contributed by atoms with Crippen molar-refractivity contribution in [1.82, 2.24) is 14.9 Å². The number of halogens is 2. The molecule has 0 aliphatic heterocycles. The number of carbonyl (C=O) groups is 1. The molecule has 4 aromatic rings. The lowest BCUT2D eigenvalue weighted by Crippen LogP contribution is -2.27. The van der Waals surface area contributed by atoms with Crippen LogP contribution in [0.1, 0.15) is 28.7 Å². The molecule has 3 N–H and O–H groups in total. The molecule has 51 heavy (non-hydrogen) atoms. The first-order valence-electron chi connectivity index (χ1n) is 16.3. The molecular formula is C39H44Br2N4O6. The molecular weight excluding hydrogens is 780 g/mol. The van der Waals surface area contributed by atoms with E-state index in [2.05, 4.69) is 60.5 Å². The lowest BCUT2D eigenvalue weighted by Gasteiger charge is -2.16. The maximum Gasteiger partial charge on any atom is 0.251 e. The van der Waals surface area contributed by atoms with Gasteiger partial charge in [-0.3, -0.25) is 4.79 Å². The Morgan fingerprint density at radius 3 is 2.02 bits per heavy atom. The molecule has 4 rings (SSSR count). The predicted molar refractivity (Wildman–Crippen MR) is 208 cm³/mol. The molecule has 0 saturated carbocycles. The maximum atomic E-state index is 12.9. The Kier molecular flexibility index (Phi) is 15.5. The first kappa shape index (κ1) is 39.6. The normalized spacial score (nSPS) is 11.9. The van der Waals surface area contributed by atoms with Gasteiger partial charge in [0.05, 0.1) is 59.1 Å². The quantitative estimate of drug-likeness (QED) is 0.0565. The van der Waals surface area contributed by atoms with Gasteiger partial charge >= 0.3 is 0 Å². The summed E-state index contributed by atoms with van der Waals surface area (Å²) in [7, 11) is 4.70. The third-order valence-electron chi connectivity index (χ3n) is 7.79. The van der Waals surface area contributed by atoms with E-state index in [0.717, 1.165) is 37.0 Å². The molecule has 0 unspecified atom stereocenters.